The second kappa shape index (κ2) is 4.52. The van der Waals surface area contributed by atoms with Crippen LogP contribution in [0.1, 0.15) is 27.7 Å². The summed E-state index contributed by atoms with van der Waals surface area (Å²) >= 11 is 5.78. The van der Waals surface area contributed by atoms with Crippen molar-refractivity contribution < 1.29 is 9.53 Å². The van der Waals surface area contributed by atoms with Crippen LogP contribution in [0.2, 0.25) is 5.15 Å². The Morgan fingerprint density at radius 1 is 1.53 bits per heavy atom. The summed E-state index contributed by atoms with van der Waals surface area (Å²) in [6.07, 6.45) is -0.493. The van der Waals surface area contributed by atoms with E-state index in [0.29, 0.717) is 12.4 Å². The Bertz CT molecular complexity index is 577. The van der Waals surface area contributed by atoms with E-state index in [4.69, 9.17) is 16.3 Å². The zero-order valence-corrected chi connectivity index (χ0v) is 12.1. The lowest BCUT2D eigenvalue weighted by Gasteiger charge is -2.26. The number of anilines is 1. The lowest BCUT2D eigenvalue weighted by atomic mass is 10.2. The summed E-state index contributed by atoms with van der Waals surface area (Å²) in [5.74, 6) is 0.423. The van der Waals surface area contributed by atoms with Crippen molar-refractivity contribution in [3.8, 4) is 0 Å². The molecule has 0 saturated carbocycles. The molecule has 0 fully saturated rings. The van der Waals surface area contributed by atoms with Crippen LogP contribution in [-0.4, -0.2) is 27.3 Å². The van der Waals surface area contributed by atoms with Gasteiger partial charge >= 0.3 is 11.8 Å². The summed E-state index contributed by atoms with van der Waals surface area (Å²) in [5.41, 5.74) is -1.05. The van der Waals surface area contributed by atoms with Crippen LogP contribution in [0, 0.1) is 0 Å². The molecule has 1 aliphatic heterocycles. The predicted molar refractivity (Wildman–Crippen MR) is 71.7 cm³/mol. The number of ether oxygens (including phenoxy) is 1. The van der Waals surface area contributed by atoms with Crippen LogP contribution in [0.5, 0.6) is 0 Å². The topological polar surface area (TPSA) is 64.4 Å². The molecule has 0 aliphatic carbocycles. The maximum atomic E-state index is 12.2. The molecular formula is C12H16ClN3O3. The minimum Gasteiger partial charge on any atom is -0.443 e. The van der Waals surface area contributed by atoms with Gasteiger partial charge in [-0.15, -0.1) is 0 Å². The summed E-state index contributed by atoms with van der Waals surface area (Å²) < 4.78 is 6.75. The third-order valence-electron chi connectivity index (χ3n) is 2.68. The molecule has 104 valence electrons. The van der Waals surface area contributed by atoms with Gasteiger partial charge in [-0.2, -0.15) is 4.98 Å². The van der Waals surface area contributed by atoms with Crippen molar-refractivity contribution in [1.29, 1.82) is 0 Å². The van der Waals surface area contributed by atoms with Gasteiger partial charge in [0.2, 0.25) is 0 Å². The molecular weight excluding hydrogens is 270 g/mol. The van der Waals surface area contributed by atoms with E-state index in [1.54, 1.807) is 20.8 Å². The number of fused-ring (bicyclic) bond motifs is 1. The molecule has 1 atom stereocenters. The van der Waals surface area contributed by atoms with Crippen molar-refractivity contribution in [2.45, 2.75) is 45.9 Å². The largest absolute Gasteiger partial charge is 0.443 e. The molecule has 0 bridgehead atoms. The van der Waals surface area contributed by atoms with E-state index in [0.717, 1.165) is 0 Å². The van der Waals surface area contributed by atoms with Crippen molar-refractivity contribution in [2.75, 3.05) is 4.90 Å². The van der Waals surface area contributed by atoms with Gasteiger partial charge in [-0.1, -0.05) is 11.6 Å². The van der Waals surface area contributed by atoms with Crippen LogP contribution in [-0.2, 0) is 11.3 Å². The number of hydrogen-bond acceptors (Lipinski definition) is 4. The molecule has 0 saturated heterocycles. The zero-order valence-electron chi connectivity index (χ0n) is 11.3. The highest BCUT2D eigenvalue weighted by molar-refractivity contribution is 6.29. The molecule has 2 rings (SSSR count). The Hall–Kier alpha value is -1.56. The molecule has 0 spiro atoms. The predicted octanol–water partition coefficient (Wildman–Crippen LogP) is 2.04. The molecule has 0 radical (unpaired) electrons. The van der Waals surface area contributed by atoms with Crippen LogP contribution in [0.25, 0.3) is 0 Å². The molecule has 6 nitrogen and oxygen atoms in total. The lowest BCUT2D eigenvalue weighted by molar-refractivity contribution is 0.0572. The Morgan fingerprint density at radius 2 is 2.16 bits per heavy atom. The van der Waals surface area contributed by atoms with Crippen LogP contribution in [0.3, 0.4) is 0 Å². The normalized spacial score (nSPS) is 18.4. The SMILES string of the molecule is CC1Cn2c(cc(Cl)nc2=O)N1C(=O)OC(C)(C)C. The van der Waals surface area contributed by atoms with E-state index in [9.17, 15) is 9.59 Å². The first kappa shape index (κ1) is 13.9. The van der Waals surface area contributed by atoms with Gasteiger partial charge in [0, 0.05) is 12.6 Å². The highest BCUT2D eigenvalue weighted by Gasteiger charge is 2.35. The van der Waals surface area contributed by atoms with E-state index in [1.807, 2.05) is 6.92 Å². The fraction of sp³-hybridized carbons (Fsp3) is 0.583. The number of halogens is 1. The second-order valence-electron chi connectivity index (χ2n) is 5.53. The third-order valence-corrected chi connectivity index (χ3v) is 2.88. The zero-order chi connectivity index (χ0) is 14.4. The van der Waals surface area contributed by atoms with Gasteiger partial charge in [0.1, 0.15) is 16.6 Å². The average Bonchev–Trinajstić information content (AvgIpc) is 2.52. The number of rotatable bonds is 0. The molecule has 1 amide bonds. The van der Waals surface area contributed by atoms with Gasteiger partial charge in [-0.25, -0.2) is 9.59 Å². The number of carbonyl (C=O) groups excluding carboxylic acids is 1. The second-order valence-corrected chi connectivity index (χ2v) is 5.92. The molecule has 2 heterocycles. The molecule has 19 heavy (non-hydrogen) atoms. The minimum absolute atomic E-state index is 0.0684. The monoisotopic (exact) mass is 285 g/mol. The molecule has 1 aliphatic rings. The van der Waals surface area contributed by atoms with E-state index < -0.39 is 17.4 Å². The number of amides is 1. The van der Waals surface area contributed by atoms with Gasteiger partial charge in [-0.3, -0.25) is 9.47 Å². The molecule has 1 aromatic heterocycles. The smallest absolute Gasteiger partial charge is 0.416 e. The lowest BCUT2D eigenvalue weighted by Crippen LogP contribution is -2.40. The van der Waals surface area contributed by atoms with E-state index >= 15 is 0 Å². The van der Waals surface area contributed by atoms with E-state index in [2.05, 4.69) is 4.98 Å². The van der Waals surface area contributed by atoms with Crippen molar-refractivity contribution >= 4 is 23.5 Å². The van der Waals surface area contributed by atoms with Gasteiger partial charge < -0.3 is 4.74 Å². The third kappa shape index (κ3) is 2.73. The molecule has 1 unspecified atom stereocenters. The molecule has 7 heteroatoms. The summed E-state index contributed by atoms with van der Waals surface area (Å²) in [7, 11) is 0. The molecule has 0 aromatic carbocycles. The number of carbonyl (C=O) groups is 1. The highest BCUT2D eigenvalue weighted by Crippen LogP contribution is 2.27. The Labute approximate surface area is 115 Å². The number of aromatic nitrogens is 2. The molecule has 1 aromatic rings. The van der Waals surface area contributed by atoms with Crippen LogP contribution in [0.15, 0.2) is 10.9 Å². The maximum Gasteiger partial charge on any atom is 0.416 e. The van der Waals surface area contributed by atoms with Crippen LogP contribution >= 0.6 is 11.6 Å². The first-order valence-corrected chi connectivity index (χ1v) is 6.36. The molecule has 0 N–H and O–H groups in total. The summed E-state index contributed by atoms with van der Waals surface area (Å²) in [4.78, 5) is 29.0. The summed E-state index contributed by atoms with van der Waals surface area (Å²) in [6, 6.07) is 1.32. The Balaban J connectivity index is 2.40. The van der Waals surface area contributed by atoms with Gasteiger partial charge in [-0.05, 0) is 27.7 Å². The first-order chi connectivity index (χ1) is 8.69. The fourth-order valence-electron chi connectivity index (χ4n) is 1.99. The number of hydrogen-bond donors (Lipinski definition) is 0. The maximum absolute atomic E-state index is 12.2. The quantitative estimate of drug-likeness (QED) is 0.684. The Kier molecular flexibility index (Phi) is 3.30. The minimum atomic E-state index is -0.596. The van der Waals surface area contributed by atoms with Crippen LogP contribution in [0.4, 0.5) is 10.6 Å². The average molecular weight is 286 g/mol. The first-order valence-electron chi connectivity index (χ1n) is 5.98. The van der Waals surface area contributed by atoms with Crippen LogP contribution < -0.4 is 10.6 Å². The summed E-state index contributed by atoms with van der Waals surface area (Å²) in [5, 5.41) is 0.0684. The van der Waals surface area contributed by atoms with Crippen molar-refractivity contribution in [3.05, 3.63) is 21.7 Å². The number of nitrogens with zero attached hydrogens (tertiary/aromatic N) is 3. The summed E-state index contributed by atoms with van der Waals surface area (Å²) in [6.45, 7) is 7.59. The van der Waals surface area contributed by atoms with Gasteiger partial charge in [0.05, 0.1) is 6.04 Å². The van der Waals surface area contributed by atoms with Gasteiger partial charge in [0.15, 0.2) is 0 Å². The standard InChI is InChI=1S/C12H16ClN3O3/c1-7-6-15-9(5-8(13)14-10(15)17)16(7)11(18)19-12(2,3)4/h5,7H,6H2,1-4H3. The highest BCUT2D eigenvalue weighted by atomic mass is 35.5. The van der Waals surface area contributed by atoms with E-state index in [1.165, 1.54) is 15.5 Å². The Morgan fingerprint density at radius 3 is 2.74 bits per heavy atom. The van der Waals surface area contributed by atoms with Gasteiger partial charge in [0.25, 0.3) is 0 Å². The van der Waals surface area contributed by atoms with Crippen molar-refractivity contribution in [2.24, 2.45) is 0 Å². The van der Waals surface area contributed by atoms with E-state index in [-0.39, 0.29) is 11.2 Å². The van der Waals surface area contributed by atoms with Crippen molar-refractivity contribution in [3.63, 3.8) is 0 Å². The van der Waals surface area contributed by atoms with Crippen molar-refractivity contribution in [1.82, 2.24) is 9.55 Å². The fourth-order valence-corrected chi connectivity index (χ4v) is 2.16.